The van der Waals surface area contributed by atoms with Crippen LogP contribution in [0.4, 0.5) is 5.88 Å². The van der Waals surface area contributed by atoms with Crippen molar-refractivity contribution in [1.29, 1.82) is 0 Å². The standard InChI is InChI=1S/C14H16N2O2/c15-14-13(9-16-18-14)12-3-1-2-11(8-12)10-4-6-17-7-5-10/h1-3,8-10H,4-7,15H2. The Labute approximate surface area is 106 Å². The molecule has 2 N–H and O–H groups in total. The lowest BCUT2D eigenvalue weighted by atomic mass is 9.90. The van der Waals surface area contributed by atoms with Crippen LogP contribution in [0.15, 0.2) is 35.0 Å². The lowest BCUT2D eigenvalue weighted by Crippen LogP contribution is -2.13. The molecule has 1 aliphatic rings. The smallest absolute Gasteiger partial charge is 0.229 e. The average molecular weight is 244 g/mol. The van der Waals surface area contributed by atoms with E-state index >= 15 is 0 Å². The third kappa shape index (κ3) is 2.11. The van der Waals surface area contributed by atoms with Gasteiger partial charge in [0.2, 0.25) is 5.88 Å². The van der Waals surface area contributed by atoms with Gasteiger partial charge in [0.15, 0.2) is 0 Å². The monoisotopic (exact) mass is 244 g/mol. The minimum Gasteiger partial charge on any atom is -0.381 e. The largest absolute Gasteiger partial charge is 0.381 e. The average Bonchev–Trinajstić information content (AvgIpc) is 2.86. The molecule has 18 heavy (non-hydrogen) atoms. The predicted molar refractivity (Wildman–Crippen MR) is 69.1 cm³/mol. The van der Waals surface area contributed by atoms with E-state index in [9.17, 15) is 0 Å². The Morgan fingerprint density at radius 3 is 2.78 bits per heavy atom. The Kier molecular flexibility index (Phi) is 3.02. The van der Waals surface area contributed by atoms with Gasteiger partial charge < -0.3 is 15.0 Å². The van der Waals surface area contributed by atoms with E-state index in [1.54, 1.807) is 6.20 Å². The summed E-state index contributed by atoms with van der Waals surface area (Å²) in [5, 5.41) is 3.72. The van der Waals surface area contributed by atoms with Crippen molar-refractivity contribution >= 4 is 5.88 Å². The van der Waals surface area contributed by atoms with Crippen LogP contribution < -0.4 is 5.73 Å². The van der Waals surface area contributed by atoms with Crippen LogP contribution in [0, 0.1) is 0 Å². The van der Waals surface area contributed by atoms with Crippen molar-refractivity contribution in [2.24, 2.45) is 0 Å². The maximum absolute atomic E-state index is 5.75. The molecule has 1 saturated heterocycles. The minimum atomic E-state index is 0.374. The van der Waals surface area contributed by atoms with Crippen molar-refractivity contribution in [3.63, 3.8) is 0 Å². The zero-order chi connectivity index (χ0) is 12.4. The number of hydrogen-bond donors (Lipinski definition) is 1. The van der Waals surface area contributed by atoms with Crippen LogP contribution in [0.2, 0.25) is 0 Å². The molecule has 1 fully saturated rings. The summed E-state index contributed by atoms with van der Waals surface area (Å²) in [7, 11) is 0. The molecule has 0 bridgehead atoms. The van der Waals surface area contributed by atoms with Crippen LogP contribution in [-0.2, 0) is 4.74 Å². The van der Waals surface area contributed by atoms with Gasteiger partial charge in [-0.3, -0.25) is 0 Å². The number of nitrogens with zero attached hydrogens (tertiary/aromatic N) is 1. The molecule has 0 saturated carbocycles. The molecule has 94 valence electrons. The summed E-state index contributed by atoms with van der Waals surface area (Å²) in [6.45, 7) is 1.70. The maximum Gasteiger partial charge on any atom is 0.229 e. The summed E-state index contributed by atoms with van der Waals surface area (Å²) < 4.78 is 10.3. The molecule has 0 unspecified atom stereocenters. The lowest BCUT2D eigenvalue weighted by Gasteiger charge is -2.22. The molecule has 0 radical (unpaired) electrons. The molecular formula is C14H16N2O2. The Morgan fingerprint density at radius 1 is 1.22 bits per heavy atom. The number of aromatic nitrogens is 1. The summed E-state index contributed by atoms with van der Waals surface area (Å²) in [6, 6.07) is 8.44. The fraction of sp³-hybridized carbons (Fsp3) is 0.357. The van der Waals surface area contributed by atoms with Gasteiger partial charge in [-0.05, 0) is 29.9 Å². The normalized spacial score (nSPS) is 16.9. The molecule has 0 amide bonds. The van der Waals surface area contributed by atoms with Gasteiger partial charge in [-0.1, -0.05) is 29.4 Å². The van der Waals surface area contributed by atoms with Crippen LogP contribution in [0.25, 0.3) is 11.1 Å². The minimum absolute atomic E-state index is 0.374. The summed E-state index contributed by atoms with van der Waals surface area (Å²) in [6.07, 6.45) is 3.84. The fourth-order valence-electron chi connectivity index (χ4n) is 2.46. The Bertz CT molecular complexity index is 530. The van der Waals surface area contributed by atoms with Crippen LogP contribution in [0.5, 0.6) is 0 Å². The Hall–Kier alpha value is -1.81. The number of hydrogen-bond acceptors (Lipinski definition) is 4. The van der Waals surface area contributed by atoms with E-state index in [4.69, 9.17) is 15.0 Å². The van der Waals surface area contributed by atoms with Crippen molar-refractivity contribution in [3.8, 4) is 11.1 Å². The zero-order valence-corrected chi connectivity index (χ0v) is 10.1. The van der Waals surface area contributed by atoms with E-state index in [1.165, 1.54) is 5.56 Å². The third-order valence-electron chi connectivity index (χ3n) is 3.49. The van der Waals surface area contributed by atoms with E-state index in [0.717, 1.165) is 37.2 Å². The number of benzene rings is 1. The fourth-order valence-corrected chi connectivity index (χ4v) is 2.46. The van der Waals surface area contributed by atoms with Crippen LogP contribution in [0.3, 0.4) is 0 Å². The molecule has 0 atom stereocenters. The van der Waals surface area contributed by atoms with Crippen molar-refractivity contribution in [2.75, 3.05) is 18.9 Å². The lowest BCUT2D eigenvalue weighted by molar-refractivity contribution is 0.0853. The first-order valence-corrected chi connectivity index (χ1v) is 6.23. The number of nitrogens with two attached hydrogens (primary N) is 1. The van der Waals surface area contributed by atoms with Crippen molar-refractivity contribution in [3.05, 3.63) is 36.0 Å². The molecule has 2 aromatic rings. The van der Waals surface area contributed by atoms with E-state index in [-0.39, 0.29) is 0 Å². The highest BCUT2D eigenvalue weighted by Crippen LogP contribution is 2.31. The second-order valence-corrected chi connectivity index (χ2v) is 4.62. The van der Waals surface area contributed by atoms with E-state index in [1.807, 2.05) is 6.07 Å². The number of nitrogen functional groups attached to an aromatic ring is 1. The Balaban J connectivity index is 1.91. The first-order chi connectivity index (χ1) is 8.84. The van der Waals surface area contributed by atoms with Crippen LogP contribution in [-0.4, -0.2) is 18.4 Å². The van der Waals surface area contributed by atoms with E-state index in [0.29, 0.717) is 11.8 Å². The van der Waals surface area contributed by atoms with Gasteiger partial charge in [0.1, 0.15) is 0 Å². The molecule has 0 aliphatic carbocycles. The second kappa shape index (κ2) is 4.82. The van der Waals surface area contributed by atoms with Gasteiger partial charge in [-0.15, -0.1) is 0 Å². The highest BCUT2D eigenvalue weighted by Gasteiger charge is 2.17. The molecule has 1 aromatic heterocycles. The van der Waals surface area contributed by atoms with Gasteiger partial charge in [0.05, 0.1) is 11.8 Å². The molecule has 4 nitrogen and oxygen atoms in total. The van der Waals surface area contributed by atoms with Crippen molar-refractivity contribution in [2.45, 2.75) is 18.8 Å². The summed E-state index contributed by atoms with van der Waals surface area (Å²) >= 11 is 0. The van der Waals surface area contributed by atoms with Gasteiger partial charge in [-0.2, -0.15) is 0 Å². The molecule has 1 aromatic carbocycles. The summed E-state index contributed by atoms with van der Waals surface area (Å²) in [5.41, 5.74) is 9.03. The van der Waals surface area contributed by atoms with Gasteiger partial charge in [0.25, 0.3) is 0 Å². The third-order valence-corrected chi connectivity index (χ3v) is 3.49. The molecular weight excluding hydrogens is 228 g/mol. The molecule has 4 heteroatoms. The molecule has 2 heterocycles. The second-order valence-electron chi connectivity index (χ2n) is 4.62. The Morgan fingerprint density at radius 2 is 2.06 bits per heavy atom. The summed E-state index contributed by atoms with van der Waals surface area (Å²) in [4.78, 5) is 0. The van der Waals surface area contributed by atoms with Gasteiger partial charge >= 0.3 is 0 Å². The highest BCUT2D eigenvalue weighted by molar-refractivity contribution is 5.72. The quantitative estimate of drug-likeness (QED) is 0.882. The SMILES string of the molecule is Nc1oncc1-c1cccc(C2CCOCC2)c1. The zero-order valence-electron chi connectivity index (χ0n) is 10.1. The van der Waals surface area contributed by atoms with E-state index < -0.39 is 0 Å². The van der Waals surface area contributed by atoms with Crippen molar-refractivity contribution in [1.82, 2.24) is 5.16 Å². The molecule has 1 aliphatic heterocycles. The number of rotatable bonds is 2. The topological polar surface area (TPSA) is 61.3 Å². The van der Waals surface area contributed by atoms with Crippen LogP contribution >= 0.6 is 0 Å². The van der Waals surface area contributed by atoms with Crippen molar-refractivity contribution < 1.29 is 9.26 Å². The van der Waals surface area contributed by atoms with E-state index in [2.05, 4.69) is 23.4 Å². The summed E-state index contributed by atoms with van der Waals surface area (Å²) in [5.74, 6) is 0.957. The maximum atomic E-state index is 5.75. The first kappa shape index (κ1) is 11.3. The van der Waals surface area contributed by atoms with Crippen LogP contribution in [0.1, 0.15) is 24.3 Å². The highest BCUT2D eigenvalue weighted by atomic mass is 16.5. The molecule has 0 spiro atoms. The van der Waals surface area contributed by atoms with Gasteiger partial charge in [0, 0.05) is 13.2 Å². The number of anilines is 1. The van der Waals surface area contributed by atoms with Gasteiger partial charge in [-0.25, -0.2) is 0 Å². The molecule has 3 rings (SSSR count). The number of ether oxygens (including phenoxy) is 1. The predicted octanol–water partition coefficient (Wildman–Crippen LogP) is 2.82. The first-order valence-electron chi connectivity index (χ1n) is 6.23.